The highest BCUT2D eigenvalue weighted by atomic mass is 16.5. The van der Waals surface area contributed by atoms with Gasteiger partial charge in [0.1, 0.15) is 0 Å². The number of rotatable bonds is 5. The minimum Gasteiger partial charge on any atom is -0.377 e. The molecule has 0 amide bonds. The van der Waals surface area contributed by atoms with Crippen LogP contribution in [0.5, 0.6) is 0 Å². The van der Waals surface area contributed by atoms with Crippen LogP contribution in [-0.4, -0.2) is 42.8 Å². The summed E-state index contributed by atoms with van der Waals surface area (Å²) in [5, 5.41) is 0. The first-order valence-electron chi connectivity index (χ1n) is 8.30. The Morgan fingerprint density at radius 1 is 1.26 bits per heavy atom. The Balaban J connectivity index is 2.02. The molecule has 2 rings (SSSR count). The molecule has 0 radical (unpaired) electrons. The van der Waals surface area contributed by atoms with Gasteiger partial charge in [0.2, 0.25) is 0 Å². The lowest BCUT2D eigenvalue weighted by atomic mass is 9.73. The van der Waals surface area contributed by atoms with E-state index in [0.717, 1.165) is 25.6 Å². The van der Waals surface area contributed by atoms with Crippen molar-refractivity contribution in [1.82, 2.24) is 4.90 Å². The number of hydrogen-bond donors (Lipinski definition) is 1. The number of nitrogens with two attached hydrogens (primary N) is 1. The smallest absolute Gasteiger partial charge is 0.0702 e. The first kappa shape index (κ1) is 15.3. The lowest BCUT2D eigenvalue weighted by Crippen LogP contribution is -2.60. The Kier molecular flexibility index (Phi) is 5.67. The van der Waals surface area contributed by atoms with Crippen LogP contribution in [0.25, 0.3) is 0 Å². The van der Waals surface area contributed by atoms with E-state index >= 15 is 0 Å². The molecule has 0 aromatic heterocycles. The molecule has 3 unspecified atom stereocenters. The van der Waals surface area contributed by atoms with Gasteiger partial charge >= 0.3 is 0 Å². The average Bonchev–Trinajstić information content (AvgIpc) is 2.48. The third-order valence-corrected chi connectivity index (χ3v) is 5.33. The van der Waals surface area contributed by atoms with E-state index in [1.165, 1.54) is 51.5 Å². The van der Waals surface area contributed by atoms with Gasteiger partial charge < -0.3 is 10.5 Å². The van der Waals surface area contributed by atoms with E-state index in [4.69, 9.17) is 10.5 Å². The first-order chi connectivity index (χ1) is 9.24. The van der Waals surface area contributed by atoms with E-state index in [2.05, 4.69) is 18.7 Å². The van der Waals surface area contributed by atoms with E-state index in [1.54, 1.807) is 0 Å². The van der Waals surface area contributed by atoms with Crippen LogP contribution in [0.4, 0.5) is 0 Å². The van der Waals surface area contributed by atoms with Crippen LogP contribution in [0.15, 0.2) is 0 Å². The van der Waals surface area contributed by atoms with E-state index in [-0.39, 0.29) is 5.54 Å². The Labute approximate surface area is 118 Å². The summed E-state index contributed by atoms with van der Waals surface area (Å²) >= 11 is 0. The highest BCUT2D eigenvalue weighted by Crippen LogP contribution is 2.39. The molecule has 1 saturated carbocycles. The second-order valence-corrected chi connectivity index (χ2v) is 6.46. The van der Waals surface area contributed by atoms with Crippen LogP contribution in [0.3, 0.4) is 0 Å². The van der Waals surface area contributed by atoms with Gasteiger partial charge in [0, 0.05) is 25.2 Å². The molecule has 0 aromatic carbocycles. The summed E-state index contributed by atoms with van der Waals surface area (Å²) in [5.41, 5.74) is 6.50. The van der Waals surface area contributed by atoms with Crippen molar-refractivity contribution in [3.8, 4) is 0 Å². The number of hydrogen-bond acceptors (Lipinski definition) is 3. The van der Waals surface area contributed by atoms with E-state index in [0.29, 0.717) is 6.10 Å². The van der Waals surface area contributed by atoms with Crippen molar-refractivity contribution < 1.29 is 4.74 Å². The largest absolute Gasteiger partial charge is 0.377 e. The second kappa shape index (κ2) is 7.05. The Hall–Kier alpha value is -0.120. The predicted octanol–water partition coefficient (Wildman–Crippen LogP) is 2.79. The number of likely N-dealkylation sites (tertiary alicyclic amines) is 1. The first-order valence-corrected chi connectivity index (χ1v) is 8.30. The zero-order valence-corrected chi connectivity index (χ0v) is 12.9. The quantitative estimate of drug-likeness (QED) is 0.833. The molecule has 112 valence electrons. The highest BCUT2D eigenvalue weighted by Gasteiger charge is 2.41. The van der Waals surface area contributed by atoms with Crippen molar-refractivity contribution in [3.05, 3.63) is 0 Å². The molecular weight excluding hydrogens is 236 g/mol. The molecule has 1 aliphatic carbocycles. The summed E-state index contributed by atoms with van der Waals surface area (Å²) < 4.78 is 5.86. The van der Waals surface area contributed by atoms with Crippen molar-refractivity contribution in [2.45, 2.75) is 70.4 Å². The molecular formula is C16H32N2O. The second-order valence-electron chi connectivity index (χ2n) is 6.46. The van der Waals surface area contributed by atoms with Crippen LogP contribution in [0, 0.1) is 5.92 Å². The molecule has 19 heavy (non-hydrogen) atoms. The summed E-state index contributed by atoms with van der Waals surface area (Å²) in [7, 11) is 0. The molecule has 0 bridgehead atoms. The minimum absolute atomic E-state index is 0.273. The standard InChI is InChI=1S/C16H32N2O/c1-3-14-7-5-9-16(11-14,13-17)18-10-6-8-15(12-18)19-4-2/h14-15H,3-13,17H2,1-2H3. The van der Waals surface area contributed by atoms with Gasteiger partial charge in [-0.2, -0.15) is 0 Å². The van der Waals surface area contributed by atoms with Gasteiger partial charge in [0.15, 0.2) is 0 Å². The summed E-state index contributed by atoms with van der Waals surface area (Å²) in [6, 6.07) is 0. The molecule has 1 aliphatic heterocycles. The van der Waals surface area contributed by atoms with Gasteiger partial charge in [-0.25, -0.2) is 0 Å². The predicted molar refractivity (Wildman–Crippen MR) is 80.3 cm³/mol. The van der Waals surface area contributed by atoms with Gasteiger partial charge in [-0.3, -0.25) is 4.90 Å². The number of piperidine rings is 1. The van der Waals surface area contributed by atoms with Gasteiger partial charge in [-0.15, -0.1) is 0 Å². The Bertz CT molecular complexity index is 269. The van der Waals surface area contributed by atoms with Crippen LogP contribution in [0.2, 0.25) is 0 Å². The normalized spacial score (nSPS) is 37.4. The molecule has 2 N–H and O–H groups in total. The minimum atomic E-state index is 0.273. The maximum Gasteiger partial charge on any atom is 0.0702 e. The molecule has 1 heterocycles. The Morgan fingerprint density at radius 3 is 2.79 bits per heavy atom. The Morgan fingerprint density at radius 2 is 2.11 bits per heavy atom. The summed E-state index contributed by atoms with van der Waals surface area (Å²) in [6.45, 7) is 8.41. The number of ether oxygens (including phenoxy) is 1. The van der Waals surface area contributed by atoms with Crippen LogP contribution < -0.4 is 5.73 Å². The van der Waals surface area contributed by atoms with Crippen molar-refractivity contribution in [3.63, 3.8) is 0 Å². The van der Waals surface area contributed by atoms with Gasteiger partial charge in [0.25, 0.3) is 0 Å². The zero-order chi connectivity index (χ0) is 13.7. The van der Waals surface area contributed by atoms with Gasteiger partial charge in [-0.1, -0.05) is 26.2 Å². The van der Waals surface area contributed by atoms with E-state index < -0.39 is 0 Å². The number of nitrogens with zero attached hydrogens (tertiary/aromatic N) is 1. The maximum absolute atomic E-state index is 6.22. The summed E-state index contributed by atoms with van der Waals surface area (Å²) in [5.74, 6) is 0.879. The van der Waals surface area contributed by atoms with E-state index in [9.17, 15) is 0 Å². The van der Waals surface area contributed by atoms with Crippen LogP contribution in [0.1, 0.15) is 58.8 Å². The van der Waals surface area contributed by atoms with Crippen molar-refractivity contribution in [2.75, 3.05) is 26.2 Å². The third-order valence-electron chi connectivity index (χ3n) is 5.33. The molecule has 0 spiro atoms. The zero-order valence-electron chi connectivity index (χ0n) is 12.9. The molecule has 2 fully saturated rings. The fraction of sp³-hybridized carbons (Fsp3) is 1.00. The topological polar surface area (TPSA) is 38.5 Å². The lowest BCUT2D eigenvalue weighted by Gasteiger charge is -2.51. The van der Waals surface area contributed by atoms with Crippen molar-refractivity contribution in [2.24, 2.45) is 11.7 Å². The highest BCUT2D eigenvalue weighted by molar-refractivity contribution is 4.98. The molecule has 3 atom stereocenters. The summed E-state index contributed by atoms with van der Waals surface area (Å²) in [6.07, 6.45) is 9.59. The molecule has 2 aliphatic rings. The van der Waals surface area contributed by atoms with Crippen LogP contribution >= 0.6 is 0 Å². The van der Waals surface area contributed by atoms with Gasteiger partial charge in [0.05, 0.1) is 6.10 Å². The van der Waals surface area contributed by atoms with Crippen molar-refractivity contribution in [1.29, 1.82) is 0 Å². The fourth-order valence-corrected chi connectivity index (χ4v) is 4.15. The monoisotopic (exact) mass is 268 g/mol. The molecule has 3 heteroatoms. The van der Waals surface area contributed by atoms with E-state index in [1.807, 2.05) is 0 Å². The maximum atomic E-state index is 6.22. The van der Waals surface area contributed by atoms with Crippen molar-refractivity contribution >= 4 is 0 Å². The SMILES string of the molecule is CCOC1CCCN(C2(CN)CCCC(CC)C2)C1. The summed E-state index contributed by atoms with van der Waals surface area (Å²) in [4.78, 5) is 2.68. The molecule has 1 saturated heterocycles. The van der Waals surface area contributed by atoms with Gasteiger partial charge in [-0.05, 0) is 45.1 Å². The fourth-order valence-electron chi connectivity index (χ4n) is 4.15. The average molecular weight is 268 g/mol. The third kappa shape index (κ3) is 3.50. The molecule has 3 nitrogen and oxygen atoms in total. The lowest BCUT2D eigenvalue weighted by molar-refractivity contribution is -0.0502. The van der Waals surface area contributed by atoms with Crippen LogP contribution in [-0.2, 0) is 4.74 Å². The molecule has 0 aromatic rings.